The van der Waals surface area contributed by atoms with Crippen molar-refractivity contribution >= 4 is 8.17 Å². The van der Waals surface area contributed by atoms with Crippen molar-refractivity contribution in [2.24, 2.45) is 5.73 Å². The van der Waals surface area contributed by atoms with E-state index in [9.17, 15) is 5.11 Å². The first kappa shape index (κ1) is 23.4. The molecule has 1 rings (SSSR count). The summed E-state index contributed by atoms with van der Waals surface area (Å²) in [5.41, 5.74) is 7.32. The van der Waals surface area contributed by atoms with E-state index in [1.807, 2.05) is 0 Å². The first-order valence-corrected chi connectivity index (χ1v) is 11.2. The van der Waals surface area contributed by atoms with Crippen LogP contribution in [0.4, 0.5) is 0 Å². The minimum atomic E-state index is -4.62. The van der Waals surface area contributed by atoms with Gasteiger partial charge in [0.1, 0.15) is 0 Å². The van der Waals surface area contributed by atoms with Crippen molar-refractivity contribution in [3.63, 3.8) is 0 Å². The number of nitrogens with two attached hydrogens (primary N) is 1. The fourth-order valence-corrected chi connectivity index (χ4v) is 3.37. The molecule has 0 heterocycles. The Kier molecular flexibility index (Phi) is 10.2. The molecule has 7 heteroatoms. The summed E-state index contributed by atoms with van der Waals surface area (Å²) in [6.45, 7) is 3.79. The van der Waals surface area contributed by atoms with Gasteiger partial charge in [0.25, 0.3) is 0 Å². The van der Waals surface area contributed by atoms with E-state index in [0.717, 1.165) is 5.56 Å². The number of aliphatic hydroxyl groups excluding tert-OH is 1. The third-order valence-electron chi connectivity index (χ3n) is 4.82. The Morgan fingerprint density at radius 2 is 1.77 bits per heavy atom. The summed E-state index contributed by atoms with van der Waals surface area (Å²) in [4.78, 5) is 26.8. The standard InChI is InChI=1S/C19H36NO5P/c1-3-4-5-6-7-16(2)18-10-8-17(9-11-18)12-13-19(20,14-21)15-25-26(22,23)24/h8-11,16,21-24,26H,3-7,12-15,20H2,1-2H3. The molecule has 0 aliphatic rings. The molecule has 1 aromatic rings. The van der Waals surface area contributed by atoms with E-state index in [0.29, 0.717) is 18.8 Å². The zero-order valence-corrected chi connectivity index (χ0v) is 17.0. The Morgan fingerprint density at radius 3 is 2.31 bits per heavy atom. The monoisotopic (exact) mass is 389 g/mol. The fraction of sp³-hybridized carbons (Fsp3) is 0.684. The summed E-state index contributed by atoms with van der Waals surface area (Å²) in [5.74, 6) is 0.539. The average Bonchev–Trinajstić information content (AvgIpc) is 2.61. The molecule has 0 saturated heterocycles. The SMILES string of the molecule is CCCCCCC(C)c1ccc(CCC(N)(CO)CO[PH](O)(O)O)cc1. The van der Waals surface area contributed by atoms with Crippen LogP contribution in [-0.2, 0) is 10.9 Å². The molecule has 6 N–H and O–H groups in total. The number of hydrogen-bond donors (Lipinski definition) is 5. The maximum atomic E-state index is 9.46. The van der Waals surface area contributed by atoms with E-state index in [2.05, 4.69) is 42.6 Å². The summed E-state index contributed by atoms with van der Waals surface area (Å²) in [7, 11) is -4.62. The number of benzene rings is 1. The molecule has 0 radical (unpaired) electrons. The molecule has 2 atom stereocenters. The topological polar surface area (TPSA) is 116 Å². The van der Waals surface area contributed by atoms with Gasteiger partial charge in [0, 0.05) is 0 Å². The van der Waals surface area contributed by atoms with Crippen LogP contribution in [0.3, 0.4) is 0 Å². The Balaban J connectivity index is 2.50. The number of rotatable bonds is 13. The molecule has 152 valence electrons. The van der Waals surface area contributed by atoms with Gasteiger partial charge in [0.05, 0.1) is 0 Å². The molecule has 0 fully saturated rings. The van der Waals surface area contributed by atoms with Gasteiger partial charge in [-0.3, -0.25) is 0 Å². The second kappa shape index (κ2) is 11.3. The molecule has 0 saturated carbocycles. The third kappa shape index (κ3) is 9.38. The van der Waals surface area contributed by atoms with Gasteiger partial charge in [-0.05, 0) is 0 Å². The summed E-state index contributed by atoms with van der Waals surface area (Å²) >= 11 is 0. The van der Waals surface area contributed by atoms with Crippen LogP contribution in [0.5, 0.6) is 0 Å². The number of aryl methyl sites for hydroxylation is 1. The van der Waals surface area contributed by atoms with Crippen molar-refractivity contribution in [2.75, 3.05) is 13.2 Å². The summed E-state index contributed by atoms with van der Waals surface area (Å²) in [6, 6.07) is 8.42. The number of aliphatic hydroxyl groups is 1. The average molecular weight is 389 g/mol. The molecule has 0 amide bonds. The van der Waals surface area contributed by atoms with Gasteiger partial charge in [-0.1, -0.05) is 26.2 Å². The summed E-state index contributed by atoms with van der Waals surface area (Å²) < 4.78 is 4.60. The molecule has 0 aromatic heterocycles. The van der Waals surface area contributed by atoms with E-state index in [4.69, 9.17) is 20.4 Å². The molecule has 0 aliphatic carbocycles. The number of hydrogen-bond acceptors (Lipinski definition) is 6. The van der Waals surface area contributed by atoms with E-state index in [1.165, 1.54) is 37.7 Å². The van der Waals surface area contributed by atoms with Crippen LogP contribution in [0, 0.1) is 0 Å². The van der Waals surface area contributed by atoms with Crippen LogP contribution in [0.25, 0.3) is 0 Å². The van der Waals surface area contributed by atoms with Gasteiger partial charge in [0.2, 0.25) is 0 Å². The molecule has 0 aliphatic heterocycles. The van der Waals surface area contributed by atoms with Crippen molar-refractivity contribution < 1.29 is 24.3 Å². The minimum absolute atomic E-state index is 0.313. The predicted molar refractivity (Wildman–Crippen MR) is 107 cm³/mol. The predicted octanol–water partition coefficient (Wildman–Crippen LogP) is 2.79. The first-order valence-electron chi connectivity index (χ1n) is 9.49. The third-order valence-corrected chi connectivity index (χ3v) is 5.35. The van der Waals surface area contributed by atoms with Crippen molar-refractivity contribution in [1.82, 2.24) is 0 Å². The fourth-order valence-electron chi connectivity index (χ4n) is 2.89. The molecular formula is C19H36NO5P. The van der Waals surface area contributed by atoms with Crippen molar-refractivity contribution in [3.8, 4) is 0 Å². The van der Waals surface area contributed by atoms with Crippen LogP contribution < -0.4 is 5.73 Å². The van der Waals surface area contributed by atoms with Gasteiger partial charge in [-0.2, -0.15) is 0 Å². The first-order chi connectivity index (χ1) is 12.2. The van der Waals surface area contributed by atoms with Gasteiger partial charge in [-0.15, -0.1) is 0 Å². The molecule has 1 aromatic carbocycles. The van der Waals surface area contributed by atoms with Crippen LogP contribution >= 0.6 is 8.17 Å². The van der Waals surface area contributed by atoms with Crippen molar-refractivity contribution in [1.29, 1.82) is 0 Å². The van der Waals surface area contributed by atoms with Crippen LogP contribution in [-0.4, -0.2) is 38.5 Å². The van der Waals surface area contributed by atoms with Crippen LogP contribution in [0.15, 0.2) is 24.3 Å². The van der Waals surface area contributed by atoms with E-state index >= 15 is 0 Å². The van der Waals surface area contributed by atoms with Crippen molar-refractivity contribution in [2.45, 2.75) is 70.3 Å². The quantitative estimate of drug-likeness (QED) is 0.262. The zero-order chi connectivity index (χ0) is 19.6. The Labute approximate surface area is 157 Å². The Morgan fingerprint density at radius 1 is 1.12 bits per heavy atom. The Hall–Kier alpha value is -0.590. The second-order valence-electron chi connectivity index (χ2n) is 7.37. The molecular weight excluding hydrogens is 353 g/mol. The molecule has 6 nitrogen and oxygen atoms in total. The van der Waals surface area contributed by atoms with E-state index in [-0.39, 0.29) is 13.2 Å². The summed E-state index contributed by atoms with van der Waals surface area (Å²) in [6.07, 6.45) is 7.33. The van der Waals surface area contributed by atoms with Gasteiger partial charge < -0.3 is 0 Å². The normalized spacial score (nSPS) is 16.3. The van der Waals surface area contributed by atoms with E-state index in [1.54, 1.807) is 0 Å². The van der Waals surface area contributed by atoms with Crippen LogP contribution in [0.1, 0.15) is 69.4 Å². The molecule has 26 heavy (non-hydrogen) atoms. The molecule has 2 unspecified atom stereocenters. The zero-order valence-electron chi connectivity index (χ0n) is 16.0. The number of unbranched alkanes of at least 4 members (excludes halogenated alkanes) is 3. The second-order valence-corrected chi connectivity index (χ2v) is 8.81. The van der Waals surface area contributed by atoms with Crippen LogP contribution in [0.2, 0.25) is 0 Å². The van der Waals surface area contributed by atoms with Gasteiger partial charge in [-0.25, -0.2) is 0 Å². The molecule has 0 bridgehead atoms. The van der Waals surface area contributed by atoms with Crippen molar-refractivity contribution in [3.05, 3.63) is 35.4 Å². The maximum absolute atomic E-state index is 9.46. The van der Waals surface area contributed by atoms with Gasteiger partial charge >= 0.3 is 131 Å². The summed E-state index contributed by atoms with van der Waals surface area (Å²) in [5, 5.41) is 9.46. The Bertz CT molecular complexity index is 506. The van der Waals surface area contributed by atoms with E-state index < -0.39 is 13.7 Å². The van der Waals surface area contributed by atoms with Gasteiger partial charge in [0.15, 0.2) is 0 Å². The molecule has 0 spiro atoms.